The lowest BCUT2D eigenvalue weighted by Gasteiger charge is -2.34. The number of ether oxygens (including phenoxy) is 1. The Bertz CT molecular complexity index is 1750. The van der Waals surface area contributed by atoms with Crippen molar-refractivity contribution in [2.75, 3.05) is 25.0 Å². The van der Waals surface area contributed by atoms with E-state index < -0.39 is 34.4 Å². The summed E-state index contributed by atoms with van der Waals surface area (Å²) in [5.41, 5.74) is 3.05. The Kier molecular flexibility index (Phi) is 11.1. The Hall–Kier alpha value is -4.05. The first-order chi connectivity index (χ1) is 21.5. The topological polar surface area (TPSA) is 96.0 Å². The summed E-state index contributed by atoms with van der Waals surface area (Å²) in [5, 5.41) is 3.27. The van der Waals surface area contributed by atoms with E-state index in [1.165, 1.54) is 31.2 Å². The molecule has 11 heteroatoms. The highest BCUT2D eigenvalue weighted by molar-refractivity contribution is 7.92. The van der Waals surface area contributed by atoms with Gasteiger partial charge in [0.25, 0.3) is 10.0 Å². The number of rotatable bonds is 12. The second kappa shape index (κ2) is 14.8. The summed E-state index contributed by atoms with van der Waals surface area (Å²) in [6, 6.07) is 24.6. The standard InChI is InChI=1S/C34H35Cl2N3O5S/c1-23-13-16-26(17-14-23)45(42,43)39(30-19-24(2)15-18-32(30)44-4)22-33(40)38(21-27-28(35)11-8-12-29(27)36)31(34(41)37-3)20-25-9-6-5-7-10-25/h5-19,31H,20-22H2,1-4H3,(H,37,41)/t31-/m1/s1. The zero-order chi connectivity index (χ0) is 32.7. The van der Waals surface area contributed by atoms with Crippen LogP contribution >= 0.6 is 23.2 Å². The number of amides is 2. The van der Waals surface area contributed by atoms with Gasteiger partial charge in [0.05, 0.1) is 17.7 Å². The Balaban J connectivity index is 1.87. The number of benzene rings is 4. The lowest BCUT2D eigenvalue weighted by Crippen LogP contribution is -2.53. The van der Waals surface area contributed by atoms with Crippen molar-refractivity contribution in [1.82, 2.24) is 10.2 Å². The fraction of sp³-hybridized carbons (Fsp3) is 0.235. The minimum Gasteiger partial charge on any atom is -0.495 e. The molecule has 0 aliphatic carbocycles. The normalized spacial score (nSPS) is 11.9. The quantitative estimate of drug-likeness (QED) is 0.194. The van der Waals surface area contributed by atoms with Gasteiger partial charge in [0.15, 0.2) is 0 Å². The van der Waals surface area contributed by atoms with Crippen molar-refractivity contribution in [3.05, 3.63) is 123 Å². The number of carbonyl (C=O) groups excluding carboxylic acids is 2. The van der Waals surface area contributed by atoms with Crippen molar-refractivity contribution in [2.45, 2.75) is 37.8 Å². The summed E-state index contributed by atoms with van der Waals surface area (Å²) in [5.74, 6) is -0.817. The van der Waals surface area contributed by atoms with Gasteiger partial charge in [-0.3, -0.25) is 13.9 Å². The average Bonchev–Trinajstić information content (AvgIpc) is 3.02. The van der Waals surface area contributed by atoms with Crippen LogP contribution in [0, 0.1) is 13.8 Å². The third-order valence-electron chi connectivity index (χ3n) is 7.40. The molecule has 0 aliphatic heterocycles. The molecule has 4 rings (SSSR count). The number of sulfonamides is 1. The fourth-order valence-corrected chi connectivity index (χ4v) is 6.85. The molecule has 0 radical (unpaired) electrons. The van der Waals surface area contributed by atoms with Crippen molar-refractivity contribution < 1.29 is 22.7 Å². The summed E-state index contributed by atoms with van der Waals surface area (Å²) in [7, 11) is -1.38. The molecule has 0 bridgehead atoms. The van der Waals surface area contributed by atoms with Gasteiger partial charge < -0.3 is 15.0 Å². The van der Waals surface area contributed by atoms with E-state index in [1.807, 2.05) is 44.2 Å². The third-order valence-corrected chi connectivity index (χ3v) is 9.88. The van der Waals surface area contributed by atoms with E-state index in [-0.39, 0.29) is 29.3 Å². The molecule has 0 saturated heterocycles. The monoisotopic (exact) mass is 667 g/mol. The van der Waals surface area contributed by atoms with E-state index in [0.29, 0.717) is 15.6 Å². The zero-order valence-corrected chi connectivity index (χ0v) is 27.8. The smallest absolute Gasteiger partial charge is 0.264 e. The van der Waals surface area contributed by atoms with Crippen LogP contribution < -0.4 is 14.4 Å². The maximum absolute atomic E-state index is 14.5. The number of halogens is 2. The van der Waals surface area contributed by atoms with Gasteiger partial charge in [0, 0.05) is 35.6 Å². The predicted octanol–water partition coefficient (Wildman–Crippen LogP) is 6.20. The number of nitrogens with zero attached hydrogens (tertiary/aromatic N) is 2. The molecule has 2 amide bonds. The van der Waals surface area contributed by atoms with Crippen molar-refractivity contribution in [1.29, 1.82) is 0 Å². The van der Waals surface area contributed by atoms with Gasteiger partial charge in [0.2, 0.25) is 11.8 Å². The highest BCUT2D eigenvalue weighted by Crippen LogP contribution is 2.34. The molecule has 45 heavy (non-hydrogen) atoms. The lowest BCUT2D eigenvalue weighted by molar-refractivity contribution is -0.139. The van der Waals surface area contributed by atoms with E-state index in [9.17, 15) is 18.0 Å². The lowest BCUT2D eigenvalue weighted by atomic mass is 10.0. The Morgan fingerprint density at radius 1 is 0.867 bits per heavy atom. The van der Waals surface area contributed by atoms with Crippen LogP contribution in [0.2, 0.25) is 10.0 Å². The predicted molar refractivity (Wildman–Crippen MR) is 178 cm³/mol. The second-order valence-electron chi connectivity index (χ2n) is 10.5. The molecule has 4 aromatic carbocycles. The summed E-state index contributed by atoms with van der Waals surface area (Å²) in [6.45, 7) is 2.88. The number of aryl methyl sites for hydroxylation is 2. The summed E-state index contributed by atoms with van der Waals surface area (Å²) < 4.78 is 35.1. The molecule has 236 valence electrons. The number of carbonyl (C=O) groups is 2. The molecule has 0 aromatic heterocycles. The molecule has 8 nitrogen and oxygen atoms in total. The number of hydrogen-bond donors (Lipinski definition) is 1. The first kappa shape index (κ1) is 33.8. The van der Waals surface area contributed by atoms with Crippen LogP contribution in [0.5, 0.6) is 5.75 Å². The number of hydrogen-bond acceptors (Lipinski definition) is 5. The number of anilines is 1. The number of likely N-dealkylation sites (N-methyl/N-ethyl adjacent to an activating group) is 1. The summed E-state index contributed by atoms with van der Waals surface area (Å²) in [6.07, 6.45) is 0.160. The highest BCUT2D eigenvalue weighted by atomic mass is 35.5. The van der Waals surface area contributed by atoms with Crippen molar-refractivity contribution in [3.63, 3.8) is 0 Å². The summed E-state index contributed by atoms with van der Waals surface area (Å²) in [4.78, 5) is 29.3. The van der Waals surface area contributed by atoms with E-state index in [4.69, 9.17) is 27.9 Å². The summed E-state index contributed by atoms with van der Waals surface area (Å²) >= 11 is 13.1. The van der Waals surface area contributed by atoms with Gasteiger partial charge in [-0.25, -0.2) is 8.42 Å². The van der Waals surface area contributed by atoms with Gasteiger partial charge >= 0.3 is 0 Å². The van der Waals surface area contributed by atoms with Gasteiger partial charge in [-0.2, -0.15) is 0 Å². The molecular formula is C34H35Cl2N3O5S. The highest BCUT2D eigenvalue weighted by Gasteiger charge is 2.36. The minimum atomic E-state index is -4.30. The van der Waals surface area contributed by atoms with Gasteiger partial charge in [-0.05, 0) is 61.4 Å². The van der Waals surface area contributed by atoms with Crippen LogP contribution in [0.3, 0.4) is 0 Å². The molecule has 0 spiro atoms. The molecule has 1 atom stereocenters. The van der Waals surface area contributed by atoms with E-state index in [2.05, 4.69) is 5.32 Å². The molecule has 0 fully saturated rings. The van der Waals surface area contributed by atoms with Crippen LogP contribution in [0.1, 0.15) is 22.3 Å². The van der Waals surface area contributed by atoms with Crippen molar-refractivity contribution in [3.8, 4) is 5.75 Å². The minimum absolute atomic E-state index is 0.00251. The first-order valence-electron chi connectivity index (χ1n) is 14.2. The molecule has 0 unspecified atom stereocenters. The van der Waals surface area contributed by atoms with Crippen LogP contribution in [0.15, 0.2) is 95.9 Å². The van der Waals surface area contributed by atoms with Crippen LogP contribution in [0.4, 0.5) is 5.69 Å². The zero-order valence-electron chi connectivity index (χ0n) is 25.5. The average molecular weight is 669 g/mol. The van der Waals surface area contributed by atoms with Gasteiger partial charge in [-0.15, -0.1) is 0 Å². The molecule has 0 saturated carbocycles. The van der Waals surface area contributed by atoms with Gasteiger partial charge in [-0.1, -0.05) is 83.4 Å². The maximum Gasteiger partial charge on any atom is 0.264 e. The number of methoxy groups -OCH3 is 1. The molecule has 0 aliphatic rings. The Morgan fingerprint density at radius 3 is 2.09 bits per heavy atom. The first-order valence-corrected chi connectivity index (χ1v) is 16.4. The largest absolute Gasteiger partial charge is 0.495 e. The molecule has 4 aromatic rings. The van der Waals surface area contributed by atoms with E-state index in [0.717, 1.165) is 21.0 Å². The second-order valence-corrected chi connectivity index (χ2v) is 13.2. The third kappa shape index (κ3) is 7.97. The SMILES string of the molecule is CNC(=O)[C@@H](Cc1ccccc1)N(Cc1c(Cl)cccc1Cl)C(=O)CN(c1cc(C)ccc1OC)S(=O)(=O)c1ccc(C)cc1. The van der Waals surface area contributed by atoms with Crippen LogP contribution in [-0.4, -0.2) is 51.9 Å². The maximum atomic E-state index is 14.5. The molecule has 1 N–H and O–H groups in total. The van der Waals surface area contributed by atoms with E-state index >= 15 is 0 Å². The van der Waals surface area contributed by atoms with Gasteiger partial charge in [0.1, 0.15) is 18.3 Å². The number of nitrogens with one attached hydrogen (secondary N) is 1. The van der Waals surface area contributed by atoms with Crippen molar-refractivity contribution >= 4 is 50.7 Å². The van der Waals surface area contributed by atoms with Crippen LogP contribution in [-0.2, 0) is 32.6 Å². The fourth-order valence-electron chi connectivity index (χ4n) is 4.92. The molecular weight excluding hydrogens is 633 g/mol. The Morgan fingerprint density at radius 2 is 1.49 bits per heavy atom. The van der Waals surface area contributed by atoms with Crippen LogP contribution in [0.25, 0.3) is 0 Å². The van der Waals surface area contributed by atoms with E-state index in [1.54, 1.807) is 48.5 Å². The van der Waals surface area contributed by atoms with Crippen molar-refractivity contribution in [2.24, 2.45) is 0 Å². The Labute approximate surface area is 274 Å². The molecule has 0 heterocycles.